The zero-order valence-electron chi connectivity index (χ0n) is 20.3. The third-order valence-electron chi connectivity index (χ3n) is 5.69. The molecule has 0 saturated carbocycles. The van der Waals surface area contributed by atoms with E-state index in [4.69, 9.17) is 9.15 Å². The summed E-state index contributed by atoms with van der Waals surface area (Å²) in [6, 6.07) is 16.8. The third kappa shape index (κ3) is 5.14. The van der Waals surface area contributed by atoms with Crippen molar-refractivity contribution in [2.75, 3.05) is 17.1 Å². The van der Waals surface area contributed by atoms with E-state index < -0.39 is 15.6 Å². The number of pyridine rings is 1. The molecule has 35 heavy (non-hydrogen) atoms. The van der Waals surface area contributed by atoms with Crippen LogP contribution in [0.4, 0.5) is 11.7 Å². The lowest BCUT2D eigenvalue weighted by Crippen LogP contribution is -2.27. The molecule has 2 heterocycles. The number of hydrogen-bond acceptors (Lipinski definition) is 7. The SMILES string of the molecule is COc1ccc(-c2oc(NC(C)(C)c3ccccc3)nc2C)cc1S(=O)(=O)Nc1ccncc1C. The number of sulfonamides is 1. The van der Waals surface area contributed by atoms with Gasteiger partial charge in [0.05, 0.1) is 24.0 Å². The second-order valence-electron chi connectivity index (χ2n) is 8.71. The molecule has 182 valence electrons. The molecule has 0 saturated heterocycles. The number of hydrogen-bond donors (Lipinski definition) is 2. The van der Waals surface area contributed by atoms with Gasteiger partial charge in [0.25, 0.3) is 16.0 Å². The predicted octanol–water partition coefficient (Wildman–Crippen LogP) is 5.51. The fraction of sp³-hybridized carbons (Fsp3) is 0.231. The standard InChI is InChI=1S/C26H28N4O4S/c1-17-16-27-14-13-21(17)30-35(31,32)23-15-19(11-12-22(23)33-5)24-18(2)28-25(34-24)29-26(3,4)20-9-7-6-8-10-20/h6-16H,1-5H3,(H,27,30)(H,28,29). The molecule has 0 amide bonds. The molecule has 9 heteroatoms. The predicted molar refractivity (Wildman–Crippen MR) is 136 cm³/mol. The summed E-state index contributed by atoms with van der Waals surface area (Å²) in [5, 5.41) is 3.33. The number of nitrogens with one attached hydrogen (secondary N) is 2. The van der Waals surface area contributed by atoms with Crippen molar-refractivity contribution in [2.45, 2.75) is 38.1 Å². The first-order valence-electron chi connectivity index (χ1n) is 11.0. The van der Waals surface area contributed by atoms with Gasteiger partial charge in [-0.25, -0.2) is 8.42 Å². The van der Waals surface area contributed by atoms with Crippen LogP contribution in [0.2, 0.25) is 0 Å². The maximum Gasteiger partial charge on any atom is 0.296 e. The summed E-state index contributed by atoms with van der Waals surface area (Å²) in [6.07, 6.45) is 3.12. The van der Waals surface area contributed by atoms with E-state index in [1.807, 2.05) is 51.1 Å². The Bertz CT molecular complexity index is 1450. The van der Waals surface area contributed by atoms with Crippen molar-refractivity contribution in [1.82, 2.24) is 9.97 Å². The molecule has 0 bridgehead atoms. The van der Waals surface area contributed by atoms with Gasteiger partial charge in [0.2, 0.25) is 0 Å². The molecule has 0 atom stereocenters. The number of nitrogens with zero attached hydrogens (tertiary/aromatic N) is 2. The first-order chi connectivity index (χ1) is 16.6. The van der Waals surface area contributed by atoms with Gasteiger partial charge in [0.15, 0.2) is 5.76 Å². The lowest BCUT2D eigenvalue weighted by atomic mass is 9.95. The van der Waals surface area contributed by atoms with E-state index in [2.05, 4.69) is 20.0 Å². The average molecular weight is 493 g/mol. The van der Waals surface area contributed by atoms with Gasteiger partial charge in [-0.3, -0.25) is 9.71 Å². The molecule has 0 radical (unpaired) electrons. The summed E-state index contributed by atoms with van der Waals surface area (Å²) in [4.78, 5) is 8.53. The Morgan fingerprint density at radius 3 is 2.46 bits per heavy atom. The van der Waals surface area contributed by atoms with Crippen LogP contribution in [-0.2, 0) is 15.6 Å². The van der Waals surface area contributed by atoms with E-state index in [1.165, 1.54) is 19.4 Å². The van der Waals surface area contributed by atoms with E-state index in [-0.39, 0.29) is 10.6 Å². The van der Waals surface area contributed by atoms with Gasteiger partial charge in [-0.15, -0.1) is 0 Å². The Hall–Kier alpha value is -3.85. The summed E-state index contributed by atoms with van der Waals surface area (Å²) < 4.78 is 40.6. The molecule has 2 aromatic heterocycles. The Morgan fingerprint density at radius 2 is 1.77 bits per heavy atom. The topological polar surface area (TPSA) is 106 Å². The van der Waals surface area contributed by atoms with Gasteiger partial charge in [0.1, 0.15) is 10.6 Å². The highest BCUT2D eigenvalue weighted by Gasteiger charge is 2.25. The van der Waals surface area contributed by atoms with Crippen LogP contribution in [0, 0.1) is 13.8 Å². The van der Waals surface area contributed by atoms with E-state index >= 15 is 0 Å². The summed E-state index contributed by atoms with van der Waals surface area (Å²) in [6.45, 7) is 7.66. The Labute approximate surface area is 205 Å². The van der Waals surface area contributed by atoms with Crippen molar-refractivity contribution in [1.29, 1.82) is 0 Å². The largest absolute Gasteiger partial charge is 0.495 e. The maximum absolute atomic E-state index is 13.3. The fourth-order valence-electron chi connectivity index (χ4n) is 3.73. The van der Waals surface area contributed by atoms with E-state index in [1.54, 1.807) is 31.3 Å². The molecule has 0 aliphatic rings. The first-order valence-corrected chi connectivity index (χ1v) is 12.5. The minimum absolute atomic E-state index is 0.0105. The van der Waals surface area contributed by atoms with Crippen molar-refractivity contribution in [2.24, 2.45) is 0 Å². The zero-order valence-corrected chi connectivity index (χ0v) is 21.1. The smallest absolute Gasteiger partial charge is 0.296 e. The average Bonchev–Trinajstić information content (AvgIpc) is 3.19. The number of aromatic nitrogens is 2. The van der Waals surface area contributed by atoms with E-state index in [0.717, 1.165) is 5.56 Å². The molecule has 0 aliphatic carbocycles. The van der Waals surface area contributed by atoms with Crippen molar-refractivity contribution < 1.29 is 17.6 Å². The molecule has 8 nitrogen and oxygen atoms in total. The zero-order chi connectivity index (χ0) is 25.2. The molecule has 2 aromatic carbocycles. The summed E-state index contributed by atoms with van der Waals surface area (Å²) in [5.41, 5.74) is 2.98. The number of anilines is 2. The molecule has 0 fully saturated rings. The van der Waals surface area contributed by atoms with Crippen molar-refractivity contribution in [3.05, 3.63) is 83.8 Å². The molecule has 2 N–H and O–H groups in total. The van der Waals surface area contributed by atoms with Gasteiger partial charge in [-0.2, -0.15) is 4.98 Å². The monoisotopic (exact) mass is 492 g/mol. The molecular weight excluding hydrogens is 464 g/mol. The van der Waals surface area contributed by atoms with Crippen LogP contribution in [0.5, 0.6) is 5.75 Å². The van der Waals surface area contributed by atoms with Gasteiger partial charge in [-0.1, -0.05) is 30.3 Å². The maximum atomic E-state index is 13.3. The number of rotatable bonds is 8. The second kappa shape index (κ2) is 9.42. The van der Waals surface area contributed by atoms with Crippen LogP contribution in [-0.4, -0.2) is 25.5 Å². The lowest BCUT2D eigenvalue weighted by Gasteiger charge is -2.25. The minimum Gasteiger partial charge on any atom is -0.495 e. The summed E-state index contributed by atoms with van der Waals surface area (Å²) in [5.74, 6) is 0.684. The molecule has 0 aliphatic heterocycles. The molecule has 0 unspecified atom stereocenters. The van der Waals surface area contributed by atoms with E-state index in [9.17, 15) is 8.42 Å². The van der Waals surface area contributed by atoms with Crippen molar-refractivity contribution >= 4 is 21.7 Å². The molecule has 4 rings (SSSR count). The van der Waals surface area contributed by atoms with Gasteiger partial charge in [-0.05, 0) is 63.1 Å². The van der Waals surface area contributed by atoms with Gasteiger partial charge >= 0.3 is 0 Å². The van der Waals surface area contributed by atoms with Crippen LogP contribution in [0.15, 0.2) is 76.3 Å². The van der Waals surface area contributed by atoms with Crippen molar-refractivity contribution in [3.8, 4) is 17.1 Å². The van der Waals surface area contributed by atoms with Crippen LogP contribution in [0.1, 0.15) is 30.7 Å². The highest BCUT2D eigenvalue weighted by atomic mass is 32.2. The Balaban J connectivity index is 1.68. The van der Waals surface area contributed by atoms with Gasteiger partial charge in [0, 0.05) is 18.0 Å². The second-order valence-corrected chi connectivity index (χ2v) is 10.4. The first kappa shape index (κ1) is 24.3. The lowest BCUT2D eigenvalue weighted by molar-refractivity contribution is 0.403. The fourth-order valence-corrected chi connectivity index (χ4v) is 5.05. The van der Waals surface area contributed by atoms with Gasteiger partial charge < -0.3 is 14.5 Å². The highest BCUT2D eigenvalue weighted by molar-refractivity contribution is 7.92. The highest BCUT2D eigenvalue weighted by Crippen LogP contribution is 2.35. The van der Waals surface area contributed by atoms with E-state index in [0.29, 0.717) is 34.3 Å². The number of methoxy groups -OCH3 is 1. The Kier molecular flexibility index (Phi) is 6.53. The molecule has 4 aromatic rings. The number of benzene rings is 2. The molecule has 0 spiro atoms. The number of oxazole rings is 1. The number of ether oxygens (including phenoxy) is 1. The quantitative estimate of drug-likeness (QED) is 0.334. The van der Waals surface area contributed by atoms with Crippen LogP contribution < -0.4 is 14.8 Å². The Morgan fingerprint density at radius 1 is 1.03 bits per heavy atom. The normalized spacial score (nSPS) is 11.8. The van der Waals surface area contributed by atoms with Crippen molar-refractivity contribution in [3.63, 3.8) is 0 Å². The molecular formula is C26H28N4O4S. The van der Waals surface area contributed by atoms with Crippen LogP contribution >= 0.6 is 0 Å². The number of aryl methyl sites for hydroxylation is 2. The summed E-state index contributed by atoms with van der Waals surface area (Å²) >= 11 is 0. The minimum atomic E-state index is -3.96. The van der Waals surface area contributed by atoms with Crippen LogP contribution in [0.3, 0.4) is 0 Å². The summed E-state index contributed by atoms with van der Waals surface area (Å²) in [7, 11) is -2.53. The van der Waals surface area contributed by atoms with Crippen LogP contribution in [0.25, 0.3) is 11.3 Å². The third-order valence-corrected chi connectivity index (χ3v) is 7.08.